The van der Waals surface area contributed by atoms with Crippen molar-refractivity contribution in [1.29, 1.82) is 0 Å². The Morgan fingerprint density at radius 1 is 0.938 bits per heavy atom. The molecule has 0 bridgehead atoms. The van der Waals surface area contributed by atoms with Crippen molar-refractivity contribution in [2.24, 2.45) is 0 Å². The van der Waals surface area contributed by atoms with Gasteiger partial charge in [0, 0.05) is 33.4 Å². The molecule has 0 radical (unpaired) electrons. The summed E-state index contributed by atoms with van der Waals surface area (Å²) >= 11 is 3.38. The van der Waals surface area contributed by atoms with Gasteiger partial charge in [0.1, 0.15) is 0 Å². The van der Waals surface area contributed by atoms with Crippen LogP contribution in [-0.4, -0.2) is 7.25 Å². The molecule has 16 heavy (non-hydrogen) atoms. The monoisotopic (exact) mass is 295 g/mol. The smallest absolute Gasteiger partial charge is 0.418 e. The summed E-state index contributed by atoms with van der Waals surface area (Å²) in [5.41, 5.74) is 1.15. The third-order valence-electron chi connectivity index (χ3n) is 1.62. The van der Waals surface area contributed by atoms with E-state index < -0.39 is 7.25 Å². The molecule has 0 atom stereocenters. The molecule has 0 saturated heterocycles. The lowest BCUT2D eigenvalue weighted by Crippen LogP contribution is -2.03. The topological polar surface area (TPSA) is 14.1 Å². The Kier molecular flexibility index (Phi) is 4.29. The van der Waals surface area contributed by atoms with Crippen molar-refractivity contribution in [2.45, 2.75) is 0 Å². The molecule has 2 aromatic rings. The number of rotatable bonds is 0. The Morgan fingerprint density at radius 2 is 1.50 bits per heavy atom. The molecule has 0 aliphatic carbocycles. The standard InChI is InChI=1S/C9H6BrN.BF4/c10-9-6-5-7-3-1-2-4-8(7)11-9;2-1(3,4)5/h1-6H;/q;-1/p+1. The van der Waals surface area contributed by atoms with Crippen LogP contribution >= 0.6 is 15.9 Å². The Balaban J connectivity index is 0.000000221. The van der Waals surface area contributed by atoms with Crippen LogP contribution in [0.4, 0.5) is 17.3 Å². The average molecular weight is 296 g/mol. The maximum atomic E-state index is 9.75. The van der Waals surface area contributed by atoms with E-state index in [9.17, 15) is 17.3 Å². The summed E-state index contributed by atoms with van der Waals surface area (Å²) in [6.45, 7) is 0. The molecule has 0 aliphatic heterocycles. The van der Waals surface area contributed by atoms with Crippen molar-refractivity contribution in [2.75, 3.05) is 0 Å². The van der Waals surface area contributed by atoms with Gasteiger partial charge in [0.05, 0.1) is 0 Å². The van der Waals surface area contributed by atoms with Crippen LogP contribution in [0.15, 0.2) is 41.0 Å². The third-order valence-corrected chi connectivity index (χ3v) is 2.09. The number of fused-ring (bicyclic) bond motifs is 1. The van der Waals surface area contributed by atoms with E-state index in [0.29, 0.717) is 0 Å². The largest absolute Gasteiger partial charge is 0.673 e. The predicted octanol–water partition coefficient (Wildman–Crippen LogP) is 3.72. The van der Waals surface area contributed by atoms with Gasteiger partial charge in [0.2, 0.25) is 10.1 Å². The molecule has 1 heterocycles. The third kappa shape index (κ3) is 5.11. The van der Waals surface area contributed by atoms with E-state index in [4.69, 9.17) is 0 Å². The highest BCUT2D eigenvalue weighted by molar-refractivity contribution is 9.10. The first-order chi connectivity index (χ1) is 7.36. The van der Waals surface area contributed by atoms with Crippen LogP contribution in [0.2, 0.25) is 0 Å². The maximum Gasteiger partial charge on any atom is 0.673 e. The molecule has 0 fully saturated rings. The van der Waals surface area contributed by atoms with E-state index in [1.54, 1.807) is 0 Å². The van der Waals surface area contributed by atoms with Gasteiger partial charge in [0.25, 0.3) is 0 Å². The van der Waals surface area contributed by atoms with Crippen LogP contribution < -0.4 is 4.98 Å². The first-order valence-electron chi connectivity index (χ1n) is 4.30. The van der Waals surface area contributed by atoms with Gasteiger partial charge >= 0.3 is 7.25 Å². The quantitative estimate of drug-likeness (QED) is 0.400. The highest BCUT2D eigenvalue weighted by Gasteiger charge is 2.20. The second kappa shape index (κ2) is 5.29. The van der Waals surface area contributed by atoms with E-state index in [0.717, 1.165) is 10.1 Å². The number of halogens is 5. The van der Waals surface area contributed by atoms with Crippen LogP contribution in [0.5, 0.6) is 0 Å². The summed E-state index contributed by atoms with van der Waals surface area (Å²) in [4.78, 5) is 3.21. The number of aromatic nitrogens is 1. The van der Waals surface area contributed by atoms with E-state index in [-0.39, 0.29) is 0 Å². The van der Waals surface area contributed by atoms with Gasteiger partial charge in [-0.3, -0.25) is 0 Å². The average Bonchev–Trinajstić information content (AvgIpc) is 2.15. The molecule has 1 N–H and O–H groups in total. The normalized spacial score (nSPS) is 10.8. The minimum absolute atomic E-state index is 1.01. The molecule has 0 aliphatic rings. The van der Waals surface area contributed by atoms with Crippen LogP contribution in [0.3, 0.4) is 0 Å². The molecule has 1 aromatic heterocycles. The van der Waals surface area contributed by atoms with Gasteiger partial charge in [-0.25, -0.2) is 0 Å². The minimum atomic E-state index is -6.00. The highest BCUT2D eigenvalue weighted by Crippen LogP contribution is 2.10. The maximum absolute atomic E-state index is 9.75. The molecule has 2 rings (SSSR count). The van der Waals surface area contributed by atoms with Gasteiger partial charge in [-0.15, -0.1) is 0 Å². The lowest BCUT2D eigenvalue weighted by Gasteiger charge is -1.94. The number of nitrogens with one attached hydrogen (secondary N) is 1. The van der Waals surface area contributed by atoms with Crippen molar-refractivity contribution in [1.82, 2.24) is 0 Å². The van der Waals surface area contributed by atoms with Crippen molar-refractivity contribution in [3.8, 4) is 0 Å². The summed E-state index contributed by atoms with van der Waals surface area (Å²) in [5, 5.41) is 1.23. The van der Waals surface area contributed by atoms with Gasteiger partial charge < -0.3 is 17.3 Å². The number of aromatic amines is 1. The number of pyridine rings is 1. The number of hydrogen-bond acceptors (Lipinski definition) is 0. The van der Waals surface area contributed by atoms with Gasteiger partial charge in [-0.05, 0) is 12.1 Å². The van der Waals surface area contributed by atoms with Crippen LogP contribution in [0.1, 0.15) is 0 Å². The van der Waals surface area contributed by atoms with Crippen LogP contribution in [0.25, 0.3) is 10.9 Å². The molecule has 86 valence electrons. The van der Waals surface area contributed by atoms with Gasteiger partial charge in [0.15, 0.2) is 0 Å². The first-order valence-corrected chi connectivity index (χ1v) is 5.09. The Morgan fingerprint density at radius 3 is 2.12 bits per heavy atom. The molecule has 1 nitrogen and oxygen atoms in total. The summed E-state index contributed by atoms with van der Waals surface area (Å²) in [7, 11) is -6.00. The zero-order valence-electron chi connectivity index (χ0n) is 7.93. The number of benzene rings is 1. The number of H-pyrrole nitrogens is 1. The number of hydrogen-bond donors (Lipinski definition) is 0. The Bertz CT molecular complexity index is 468. The van der Waals surface area contributed by atoms with E-state index in [1.807, 2.05) is 18.2 Å². The lowest BCUT2D eigenvalue weighted by molar-refractivity contribution is -0.359. The fraction of sp³-hybridized carbons (Fsp3) is 0. The van der Waals surface area contributed by atoms with Crippen molar-refractivity contribution >= 4 is 34.1 Å². The Labute approximate surface area is 97.7 Å². The van der Waals surface area contributed by atoms with Crippen molar-refractivity contribution in [3.05, 3.63) is 41.0 Å². The van der Waals surface area contributed by atoms with E-state index in [1.165, 1.54) is 5.39 Å². The molecule has 0 unspecified atom stereocenters. The summed E-state index contributed by atoms with van der Waals surface area (Å²) < 4.78 is 40.0. The molecule has 0 saturated carbocycles. The van der Waals surface area contributed by atoms with Crippen LogP contribution in [-0.2, 0) is 0 Å². The molecule has 7 heteroatoms. The summed E-state index contributed by atoms with van der Waals surface area (Å²) in [6, 6.07) is 12.3. The second-order valence-corrected chi connectivity index (χ2v) is 3.74. The Hall–Kier alpha value is -1.11. The lowest BCUT2D eigenvalue weighted by atomic mass is 10.2. The molecular formula is C9H7BBrF4N. The first kappa shape index (κ1) is 13.0. The minimum Gasteiger partial charge on any atom is -0.418 e. The van der Waals surface area contributed by atoms with Gasteiger partial charge in [-0.2, -0.15) is 4.98 Å². The fourth-order valence-corrected chi connectivity index (χ4v) is 1.44. The van der Waals surface area contributed by atoms with Crippen LogP contribution in [0, 0.1) is 0 Å². The second-order valence-electron chi connectivity index (χ2n) is 2.89. The predicted molar refractivity (Wildman–Crippen MR) is 58.4 cm³/mol. The number of para-hydroxylation sites is 1. The summed E-state index contributed by atoms with van der Waals surface area (Å²) in [5.74, 6) is 0. The van der Waals surface area contributed by atoms with Gasteiger partial charge in [-0.1, -0.05) is 12.1 Å². The SMILES string of the molecule is Brc1ccc2ccccc2[nH+]1.F[B-](F)(F)F. The van der Waals surface area contributed by atoms with Crippen molar-refractivity contribution in [3.63, 3.8) is 0 Å². The molecule has 1 aromatic carbocycles. The zero-order chi connectivity index (χ0) is 12.2. The molecule has 0 spiro atoms. The molecule has 0 amide bonds. The molecular weight excluding hydrogens is 289 g/mol. The van der Waals surface area contributed by atoms with Crippen molar-refractivity contribution < 1.29 is 22.2 Å². The highest BCUT2D eigenvalue weighted by atomic mass is 79.9. The van der Waals surface area contributed by atoms with E-state index in [2.05, 4.69) is 39.1 Å². The summed E-state index contributed by atoms with van der Waals surface area (Å²) in [6.07, 6.45) is 0. The fourth-order valence-electron chi connectivity index (χ4n) is 1.09. The zero-order valence-corrected chi connectivity index (χ0v) is 9.52. The van der Waals surface area contributed by atoms with E-state index >= 15 is 0 Å².